The van der Waals surface area contributed by atoms with E-state index in [2.05, 4.69) is 11.2 Å². The van der Waals surface area contributed by atoms with Gasteiger partial charge in [-0.3, -0.25) is 10.1 Å². The lowest BCUT2D eigenvalue weighted by molar-refractivity contribution is -0.384. The second kappa shape index (κ2) is 4.47. The average molecular weight is 204 g/mol. The van der Waals surface area contributed by atoms with Gasteiger partial charge in [0.05, 0.1) is 11.0 Å². The van der Waals surface area contributed by atoms with Gasteiger partial charge in [0.2, 0.25) is 0 Å². The first kappa shape index (κ1) is 11.1. The van der Waals surface area contributed by atoms with E-state index in [1.54, 1.807) is 6.92 Å². The Hall–Kier alpha value is -2.02. The summed E-state index contributed by atoms with van der Waals surface area (Å²) < 4.78 is 0. The van der Waals surface area contributed by atoms with E-state index in [1.165, 1.54) is 12.1 Å². The highest BCUT2D eigenvalue weighted by Crippen LogP contribution is 2.20. The summed E-state index contributed by atoms with van der Waals surface area (Å²) in [5, 5.41) is 13.6. The number of anilines is 1. The molecular formula is C11H12N2O2. The van der Waals surface area contributed by atoms with E-state index in [9.17, 15) is 10.1 Å². The number of nitrogens with one attached hydrogen (secondary N) is 1. The normalized spacial score (nSPS) is 11.5. The molecule has 0 bridgehead atoms. The molecule has 4 heteroatoms. The smallest absolute Gasteiger partial charge is 0.271 e. The third-order valence-electron chi connectivity index (χ3n) is 1.91. The molecule has 0 aliphatic carbocycles. The van der Waals surface area contributed by atoms with Crippen molar-refractivity contribution in [1.82, 2.24) is 0 Å². The molecule has 1 aromatic rings. The topological polar surface area (TPSA) is 55.2 Å². The monoisotopic (exact) mass is 204 g/mol. The van der Waals surface area contributed by atoms with Crippen molar-refractivity contribution in [2.75, 3.05) is 5.32 Å². The average Bonchev–Trinajstić information content (AvgIpc) is 2.16. The number of nitro benzene ring substituents is 1. The first-order chi connectivity index (χ1) is 7.02. The fourth-order valence-electron chi connectivity index (χ4n) is 1.24. The van der Waals surface area contributed by atoms with Crippen LogP contribution in [0, 0.1) is 29.4 Å². The minimum Gasteiger partial charge on any atom is -0.372 e. The van der Waals surface area contributed by atoms with Crippen molar-refractivity contribution in [3.8, 4) is 12.3 Å². The van der Waals surface area contributed by atoms with Crippen LogP contribution in [0.3, 0.4) is 0 Å². The summed E-state index contributed by atoms with van der Waals surface area (Å²) >= 11 is 0. The zero-order valence-electron chi connectivity index (χ0n) is 8.65. The number of hydrogen-bond donors (Lipinski definition) is 1. The van der Waals surface area contributed by atoms with Crippen molar-refractivity contribution in [2.24, 2.45) is 0 Å². The highest BCUT2D eigenvalue weighted by molar-refractivity contribution is 5.54. The predicted molar refractivity (Wildman–Crippen MR) is 59.8 cm³/mol. The van der Waals surface area contributed by atoms with E-state index >= 15 is 0 Å². The zero-order valence-corrected chi connectivity index (χ0v) is 8.65. The van der Waals surface area contributed by atoms with E-state index in [0.29, 0.717) is 5.69 Å². The summed E-state index contributed by atoms with van der Waals surface area (Å²) in [6.07, 6.45) is 5.21. The van der Waals surface area contributed by atoms with E-state index in [0.717, 1.165) is 5.56 Å². The molecular weight excluding hydrogens is 192 g/mol. The molecule has 1 rings (SSSR count). The van der Waals surface area contributed by atoms with Gasteiger partial charge in [0.1, 0.15) is 0 Å². The van der Waals surface area contributed by atoms with Crippen molar-refractivity contribution < 1.29 is 4.92 Å². The minimum atomic E-state index is -0.418. The van der Waals surface area contributed by atoms with Crippen LogP contribution in [0.25, 0.3) is 0 Å². The van der Waals surface area contributed by atoms with Crippen LogP contribution < -0.4 is 5.32 Å². The first-order valence-corrected chi connectivity index (χ1v) is 4.51. The van der Waals surface area contributed by atoms with Crippen molar-refractivity contribution in [3.05, 3.63) is 33.9 Å². The number of terminal acetylenes is 1. The number of aryl methyl sites for hydroxylation is 1. The van der Waals surface area contributed by atoms with Gasteiger partial charge in [0, 0.05) is 17.8 Å². The molecule has 0 saturated heterocycles. The highest BCUT2D eigenvalue weighted by atomic mass is 16.6. The SMILES string of the molecule is C#CC(C)Nc1cc(C)cc([N+](=O)[O-])c1. The van der Waals surface area contributed by atoms with Crippen LogP contribution in [-0.4, -0.2) is 11.0 Å². The Labute approximate surface area is 88.5 Å². The van der Waals surface area contributed by atoms with Crippen LogP contribution in [0.2, 0.25) is 0 Å². The molecule has 0 aromatic heterocycles. The van der Waals surface area contributed by atoms with Crippen molar-refractivity contribution in [3.63, 3.8) is 0 Å². The quantitative estimate of drug-likeness (QED) is 0.467. The fourth-order valence-corrected chi connectivity index (χ4v) is 1.24. The lowest BCUT2D eigenvalue weighted by Crippen LogP contribution is -2.12. The van der Waals surface area contributed by atoms with Gasteiger partial charge in [-0.2, -0.15) is 0 Å². The maximum Gasteiger partial charge on any atom is 0.271 e. The lowest BCUT2D eigenvalue weighted by atomic mass is 10.2. The van der Waals surface area contributed by atoms with Crippen LogP contribution in [-0.2, 0) is 0 Å². The molecule has 1 N–H and O–H groups in total. The Kier molecular flexibility index (Phi) is 3.29. The number of non-ortho nitro benzene ring substituents is 1. The lowest BCUT2D eigenvalue weighted by Gasteiger charge is -2.09. The van der Waals surface area contributed by atoms with Gasteiger partial charge in [0.15, 0.2) is 0 Å². The molecule has 0 spiro atoms. The summed E-state index contributed by atoms with van der Waals surface area (Å²) in [5.41, 5.74) is 1.57. The molecule has 0 amide bonds. The number of nitro groups is 1. The molecule has 1 unspecified atom stereocenters. The van der Waals surface area contributed by atoms with Gasteiger partial charge in [-0.1, -0.05) is 5.92 Å². The molecule has 0 saturated carbocycles. The summed E-state index contributed by atoms with van der Waals surface area (Å²) in [6, 6.07) is 4.67. The Balaban J connectivity index is 3.00. The molecule has 1 atom stereocenters. The van der Waals surface area contributed by atoms with E-state index in [4.69, 9.17) is 6.42 Å². The van der Waals surface area contributed by atoms with E-state index < -0.39 is 4.92 Å². The van der Waals surface area contributed by atoms with Crippen LogP contribution in [0.4, 0.5) is 11.4 Å². The summed E-state index contributed by atoms with van der Waals surface area (Å²) in [4.78, 5) is 10.2. The Morgan fingerprint density at radius 3 is 2.73 bits per heavy atom. The van der Waals surface area contributed by atoms with Gasteiger partial charge < -0.3 is 5.32 Å². The maximum atomic E-state index is 10.6. The minimum absolute atomic E-state index is 0.0710. The van der Waals surface area contributed by atoms with Crippen LogP contribution in [0.1, 0.15) is 12.5 Å². The van der Waals surface area contributed by atoms with Gasteiger partial charge in [-0.05, 0) is 25.5 Å². The number of benzene rings is 1. The summed E-state index contributed by atoms with van der Waals surface area (Å²) in [7, 11) is 0. The molecule has 4 nitrogen and oxygen atoms in total. The Morgan fingerprint density at radius 1 is 1.53 bits per heavy atom. The molecule has 78 valence electrons. The van der Waals surface area contributed by atoms with Gasteiger partial charge in [-0.15, -0.1) is 6.42 Å². The third-order valence-corrected chi connectivity index (χ3v) is 1.91. The highest BCUT2D eigenvalue weighted by Gasteiger charge is 2.08. The van der Waals surface area contributed by atoms with Crippen molar-refractivity contribution in [1.29, 1.82) is 0 Å². The molecule has 0 radical (unpaired) electrons. The molecule has 0 aliphatic heterocycles. The van der Waals surface area contributed by atoms with Crippen molar-refractivity contribution >= 4 is 11.4 Å². The second-order valence-electron chi connectivity index (χ2n) is 3.35. The van der Waals surface area contributed by atoms with Gasteiger partial charge in [-0.25, -0.2) is 0 Å². The Bertz CT molecular complexity index is 421. The Morgan fingerprint density at radius 2 is 2.20 bits per heavy atom. The summed E-state index contributed by atoms with van der Waals surface area (Å²) in [5.74, 6) is 2.50. The zero-order chi connectivity index (χ0) is 11.4. The van der Waals surface area contributed by atoms with Crippen molar-refractivity contribution in [2.45, 2.75) is 19.9 Å². The molecule has 0 aliphatic rings. The van der Waals surface area contributed by atoms with Crippen LogP contribution in [0.15, 0.2) is 18.2 Å². The number of hydrogen-bond acceptors (Lipinski definition) is 3. The van der Waals surface area contributed by atoms with E-state index in [-0.39, 0.29) is 11.7 Å². The number of rotatable bonds is 3. The predicted octanol–water partition coefficient (Wildman–Crippen LogP) is 2.34. The van der Waals surface area contributed by atoms with Crippen LogP contribution >= 0.6 is 0 Å². The largest absolute Gasteiger partial charge is 0.372 e. The third kappa shape index (κ3) is 2.99. The summed E-state index contributed by atoms with van der Waals surface area (Å²) in [6.45, 7) is 3.62. The number of nitrogens with zero attached hydrogens (tertiary/aromatic N) is 1. The van der Waals surface area contributed by atoms with Gasteiger partial charge in [0.25, 0.3) is 5.69 Å². The first-order valence-electron chi connectivity index (χ1n) is 4.51. The fraction of sp³-hybridized carbons (Fsp3) is 0.273. The molecule has 0 heterocycles. The molecule has 1 aromatic carbocycles. The maximum absolute atomic E-state index is 10.6. The van der Waals surface area contributed by atoms with Crippen LogP contribution in [0.5, 0.6) is 0 Å². The second-order valence-corrected chi connectivity index (χ2v) is 3.35. The standard InChI is InChI=1S/C11H12N2O2/c1-4-9(3)12-10-5-8(2)6-11(7-10)13(14)15/h1,5-7,9,12H,2-3H3. The van der Waals surface area contributed by atoms with E-state index in [1.807, 2.05) is 13.0 Å². The molecule has 0 fully saturated rings. The van der Waals surface area contributed by atoms with Gasteiger partial charge >= 0.3 is 0 Å². The molecule has 15 heavy (non-hydrogen) atoms.